The van der Waals surface area contributed by atoms with Crippen LogP contribution in [0.1, 0.15) is 26.2 Å². The molecule has 0 aromatic heterocycles. The number of likely N-dealkylation sites (tertiary alicyclic amines) is 1. The molecule has 2 aliphatic heterocycles. The highest BCUT2D eigenvalue weighted by Gasteiger charge is 2.44. The van der Waals surface area contributed by atoms with E-state index < -0.39 is 18.0 Å². The fourth-order valence-electron chi connectivity index (χ4n) is 2.68. The summed E-state index contributed by atoms with van der Waals surface area (Å²) in [5, 5.41) is 19.7. The van der Waals surface area contributed by atoms with Gasteiger partial charge in [-0.2, -0.15) is 5.10 Å². The van der Waals surface area contributed by atoms with Gasteiger partial charge in [-0.05, 0) is 26.8 Å². The van der Waals surface area contributed by atoms with E-state index in [0.717, 1.165) is 38.1 Å². The zero-order chi connectivity index (χ0) is 19.0. The molecule has 0 aromatic carbocycles. The molecule has 2 heterocycles. The standard InChI is InChI=1S/C11H20N4O2.C4H4O4/c1-8-9(13-14-10(12)16)7-11(17-8)3-5-15(2)6-4-11;5-3(6)1-2-4(7)8/h8H,3-7H2,1-2H3,(H3,12,14,16);1-2H,(H,5,6)(H,7,8)/b13-9-;2-1-. The number of nitrogens with zero attached hydrogens (tertiary/aromatic N) is 2. The maximum absolute atomic E-state index is 10.6. The van der Waals surface area contributed by atoms with Crippen LogP contribution in [0.3, 0.4) is 0 Å². The Bertz CT molecular complexity index is 550. The normalized spacial score (nSPS) is 24.1. The van der Waals surface area contributed by atoms with Crippen molar-refractivity contribution in [1.82, 2.24) is 10.3 Å². The van der Waals surface area contributed by atoms with Gasteiger partial charge >= 0.3 is 18.0 Å². The van der Waals surface area contributed by atoms with Crippen molar-refractivity contribution in [2.75, 3.05) is 20.1 Å². The van der Waals surface area contributed by atoms with Crippen molar-refractivity contribution in [3.05, 3.63) is 12.2 Å². The van der Waals surface area contributed by atoms with Crippen LogP contribution in [0.5, 0.6) is 0 Å². The van der Waals surface area contributed by atoms with Crippen molar-refractivity contribution >= 4 is 23.7 Å². The van der Waals surface area contributed by atoms with E-state index in [9.17, 15) is 14.4 Å². The molecule has 0 radical (unpaired) electrons. The number of nitrogens with one attached hydrogen (secondary N) is 1. The van der Waals surface area contributed by atoms with Crippen molar-refractivity contribution in [3.8, 4) is 0 Å². The molecule has 2 aliphatic rings. The minimum atomic E-state index is -1.26. The maximum atomic E-state index is 10.6. The number of carboxylic acid groups (broad SMARTS) is 2. The topological polar surface area (TPSA) is 155 Å². The number of piperidine rings is 1. The first kappa shape index (κ1) is 20.6. The van der Waals surface area contributed by atoms with Crippen molar-refractivity contribution < 1.29 is 29.3 Å². The van der Waals surface area contributed by atoms with E-state index in [1.807, 2.05) is 6.92 Å². The maximum Gasteiger partial charge on any atom is 0.332 e. The fraction of sp³-hybridized carbons (Fsp3) is 0.600. The Morgan fingerprint density at radius 3 is 2.24 bits per heavy atom. The minimum absolute atomic E-state index is 0.0368. The molecule has 2 rings (SSSR count). The second-order valence-electron chi connectivity index (χ2n) is 6.01. The van der Waals surface area contributed by atoms with Gasteiger partial charge in [0.15, 0.2) is 0 Å². The zero-order valence-electron chi connectivity index (χ0n) is 14.3. The molecule has 1 unspecified atom stereocenters. The first-order valence-corrected chi connectivity index (χ1v) is 7.76. The first-order chi connectivity index (χ1) is 11.6. The van der Waals surface area contributed by atoms with Crippen LogP contribution in [-0.2, 0) is 14.3 Å². The Kier molecular flexibility index (Phi) is 7.52. The monoisotopic (exact) mass is 356 g/mol. The summed E-state index contributed by atoms with van der Waals surface area (Å²) in [6.07, 6.45) is 3.91. The fourth-order valence-corrected chi connectivity index (χ4v) is 2.68. The van der Waals surface area contributed by atoms with Crippen molar-refractivity contribution in [3.63, 3.8) is 0 Å². The molecule has 1 atom stereocenters. The van der Waals surface area contributed by atoms with E-state index in [1.54, 1.807) is 0 Å². The number of carbonyl (C=O) groups excluding carboxylic acids is 1. The summed E-state index contributed by atoms with van der Waals surface area (Å²) in [4.78, 5) is 32.0. The highest BCUT2D eigenvalue weighted by Crippen LogP contribution is 2.37. The van der Waals surface area contributed by atoms with Gasteiger partial charge in [-0.3, -0.25) is 0 Å². The third-order valence-corrected chi connectivity index (χ3v) is 3.98. The van der Waals surface area contributed by atoms with Crippen LogP contribution < -0.4 is 11.2 Å². The number of hydrazone groups is 1. The van der Waals surface area contributed by atoms with Crippen LogP contribution in [0, 0.1) is 0 Å². The van der Waals surface area contributed by atoms with Gasteiger partial charge in [0.1, 0.15) is 0 Å². The number of amides is 2. The van der Waals surface area contributed by atoms with E-state index in [2.05, 4.69) is 22.5 Å². The third kappa shape index (κ3) is 7.31. The number of primary amides is 1. The summed E-state index contributed by atoms with van der Waals surface area (Å²) in [6, 6.07) is -0.631. The average molecular weight is 356 g/mol. The van der Waals surface area contributed by atoms with Crippen LogP contribution in [0.15, 0.2) is 17.3 Å². The van der Waals surface area contributed by atoms with Gasteiger partial charge in [0.25, 0.3) is 0 Å². The predicted octanol–water partition coefficient (Wildman–Crippen LogP) is -0.00430. The minimum Gasteiger partial charge on any atom is -0.478 e. The molecule has 2 fully saturated rings. The number of nitrogens with two attached hydrogens (primary N) is 1. The quantitative estimate of drug-likeness (QED) is 0.409. The van der Waals surface area contributed by atoms with Gasteiger partial charge < -0.3 is 25.6 Å². The molecular weight excluding hydrogens is 332 g/mol. The Balaban J connectivity index is 0.000000333. The average Bonchev–Trinajstić information content (AvgIpc) is 2.83. The Labute approximate surface area is 145 Å². The van der Waals surface area contributed by atoms with E-state index in [1.165, 1.54) is 0 Å². The second-order valence-corrected chi connectivity index (χ2v) is 6.01. The highest BCUT2D eigenvalue weighted by atomic mass is 16.5. The molecule has 0 aromatic rings. The van der Waals surface area contributed by atoms with Crippen LogP contribution in [0.25, 0.3) is 0 Å². The predicted molar refractivity (Wildman–Crippen MR) is 89.2 cm³/mol. The van der Waals surface area contributed by atoms with Crippen LogP contribution in [0.2, 0.25) is 0 Å². The molecule has 2 amide bonds. The first-order valence-electron chi connectivity index (χ1n) is 7.76. The molecule has 10 nitrogen and oxygen atoms in total. The SMILES string of the molecule is CC1OC2(CCN(C)CC2)C/C1=N/NC(N)=O.O=C(O)/C=C\C(=O)O. The number of carbonyl (C=O) groups is 3. The molecule has 140 valence electrons. The lowest BCUT2D eigenvalue weighted by atomic mass is 9.88. The number of carboxylic acids is 2. The third-order valence-electron chi connectivity index (χ3n) is 3.98. The molecule has 10 heteroatoms. The largest absolute Gasteiger partial charge is 0.478 e. The van der Waals surface area contributed by atoms with Gasteiger partial charge in [-0.25, -0.2) is 19.8 Å². The molecule has 25 heavy (non-hydrogen) atoms. The lowest BCUT2D eigenvalue weighted by Gasteiger charge is -2.36. The summed E-state index contributed by atoms with van der Waals surface area (Å²) in [6.45, 7) is 4.06. The molecule has 5 N–H and O–H groups in total. The summed E-state index contributed by atoms with van der Waals surface area (Å²) in [7, 11) is 2.12. The smallest absolute Gasteiger partial charge is 0.332 e. The summed E-state index contributed by atoms with van der Waals surface area (Å²) in [5.41, 5.74) is 8.09. The number of urea groups is 1. The molecule has 0 saturated carbocycles. The summed E-state index contributed by atoms with van der Waals surface area (Å²) < 4.78 is 6.03. The number of hydrogen-bond donors (Lipinski definition) is 4. The molecule has 1 spiro atoms. The molecule has 0 bridgehead atoms. The summed E-state index contributed by atoms with van der Waals surface area (Å²) >= 11 is 0. The second kappa shape index (κ2) is 9.14. The van der Waals surface area contributed by atoms with Crippen LogP contribution in [-0.4, -0.2) is 70.6 Å². The molecule has 2 saturated heterocycles. The Morgan fingerprint density at radius 1 is 1.28 bits per heavy atom. The number of aliphatic carboxylic acids is 2. The van der Waals surface area contributed by atoms with Crippen molar-refractivity contribution in [2.24, 2.45) is 10.8 Å². The van der Waals surface area contributed by atoms with E-state index in [0.29, 0.717) is 12.2 Å². The number of hydrogen-bond acceptors (Lipinski definition) is 6. The van der Waals surface area contributed by atoms with E-state index >= 15 is 0 Å². The Hall–Kier alpha value is -2.46. The van der Waals surface area contributed by atoms with Crippen LogP contribution >= 0.6 is 0 Å². The van der Waals surface area contributed by atoms with Crippen molar-refractivity contribution in [1.29, 1.82) is 0 Å². The number of ether oxygens (including phenoxy) is 1. The van der Waals surface area contributed by atoms with E-state index in [-0.39, 0.29) is 11.7 Å². The van der Waals surface area contributed by atoms with E-state index in [4.69, 9.17) is 20.7 Å². The van der Waals surface area contributed by atoms with Gasteiger partial charge in [-0.15, -0.1) is 0 Å². The van der Waals surface area contributed by atoms with Gasteiger partial charge in [0, 0.05) is 31.7 Å². The lowest BCUT2D eigenvalue weighted by molar-refractivity contribution is -0.134. The van der Waals surface area contributed by atoms with Gasteiger partial charge in [0.2, 0.25) is 0 Å². The zero-order valence-corrected chi connectivity index (χ0v) is 14.3. The van der Waals surface area contributed by atoms with Crippen LogP contribution in [0.4, 0.5) is 4.79 Å². The van der Waals surface area contributed by atoms with Gasteiger partial charge in [-0.1, -0.05) is 0 Å². The Morgan fingerprint density at radius 2 is 1.80 bits per heavy atom. The molecule has 0 aliphatic carbocycles. The van der Waals surface area contributed by atoms with Crippen molar-refractivity contribution in [2.45, 2.75) is 37.9 Å². The number of rotatable bonds is 3. The molecular formula is C15H24N4O6. The highest BCUT2D eigenvalue weighted by molar-refractivity contribution is 5.92. The lowest BCUT2D eigenvalue weighted by Crippen LogP contribution is -2.42. The summed E-state index contributed by atoms with van der Waals surface area (Å²) in [5.74, 6) is -2.51. The van der Waals surface area contributed by atoms with Gasteiger partial charge in [0.05, 0.1) is 17.4 Å².